The molecule has 15 heavy (non-hydrogen) atoms. The van der Waals surface area contributed by atoms with Crippen LogP contribution in [0.4, 0.5) is 0 Å². The molecule has 90 valence electrons. The Bertz CT molecular complexity index is 170. The summed E-state index contributed by atoms with van der Waals surface area (Å²) in [7, 11) is 0. The zero-order chi connectivity index (χ0) is 11.3. The first-order valence-electron chi connectivity index (χ1n) is 6.49. The van der Waals surface area contributed by atoms with Crippen molar-refractivity contribution in [2.75, 3.05) is 13.2 Å². The predicted molar refractivity (Wildman–Crippen MR) is 64.8 cm³/mol. The number of aliphatic hydroxyl groups excluding tert-OH is 1. The molecule has 0 heterocycles. The van der Waals surface area contributed by atoms with Gasteiger partial charge in [0.25, 0.3) is 0 Å². The van der Waals surface area contributed by atoms with E-state index < -0.39 is 0 Å². The molecule has 2 nitrogen and oxygen atoms in total. The van der Waals surface area contributed by atoms with Crippen molar-refractivity contribution in [2.24, 2.45) is 17.8 Å². The summed E-state index contributed by atoms with van der Waals surface area (Å²) in [6.07, 6.45) is 5.55. The van der Waals surface area contributed by atoms with Gasteiger partial charge < -0.3 is 10.4 Å². The average molecular weight is 213 g/mol. The Morgan fingerprint density at radius 1 is 1.27 bits per heavy atom. The second kappa shape index (κ2) is 6.49. The zero-order valence-corrected chi connectivity index (χ0v) is 10.5. The molecule has 2 N–H and O–H groups in total. The van der Waals surface area contributed by atoms with Gasteiger partial charge in [-0.2, -0.15) is 0 Å². The van der Waals surface area contributed by atoms with Gasteiger partial charge in [0.2, 0.25) is 0 Å². The molecule has 2 heteroatoms. The van der Waals surface area contributed by atoms with Crippen LogP contribution in [0.3, 0.4) is 0 Å². The Hall–Kier alpha value is -0.0800. The lowest BCUT2D eigenvalue weighted by Gasteiger charge is -2.31. The SMILES string of the molecule is CC1CCCCC1CN[C@H](CO)C(C)C. The van der Waals surface area contributed by atoms with Crippen molar-refractivity contribution in [1.29, 1.82) is 0 Å². The monoisotopic (exact) mass is 213 g/mol. The van der Waals surface area contributed by atoms with E-state index in [0.29, 0.717) is 5.92 Å². The van der Waals surface area contributed by atoms with Gasteiger partial charge in [0.15, 0.2) is 0 Å². The van der Waals surface area contributed by atoms with Crippen LogP contribution < -0.4 is 5.32 Å². The smallest absolute Gasteiger partial charge is 0.0587 e. The summed E-state index contributed by atoms with van der Waals surface area (Å²) in [4.78, 5) is 0. The van der Waals surface area contributed by atoms with Crippen molar-refractivity contribution in [3.05, 3.63) is 0 Å². The minimum Gasteiger partial charge on any atom is -0.395 e. The third-order valence-electron chi connectivity index (χ3n) is 3.93. The molecule has 0 spiro atoms. The van der Waals surface area contributed by atoms with E-state index in [1.165, 1.54) is 25.7 Å². The summed E-state index contributed by atoms with van der Waals surface area (Å²) in [5.74, 6) is 2.21. The van der Waals surface area contributed by atoms with E-state index in [1.54, 1.807) is 0 Å². The molecule has 1 saturated carbocycles. The van der Waals surface area contributed by atoms with E-state index in [1.807, 2.05) is 0 Å². The highest BCUT2D eigenvalue weighted by Crippen LogP contribution is 2.29. The van der Waals surface area contributed by atoms with E-state index in [9.17, 15) is 5.11 Å². The maximum atomic E-state index is 9.23. The topological polar surface area (TPSA) is 32.3 Å². The van der Waals surface area contributed by atoms with Gasteiger partial charge in [0.1, 0.15) is 0 Å². The largest absolute Gasteiger partial charge is 0.395 e. The maximum absolute atomic E-state index is 9.23. The van der Waals surface area contributed by atoms with Gasteiger partial charge in [-0.15, -0.1) is 0 Å². The van der Waals surface area contributed by atoms with Gasteiger partial charge in [-0.3, -0.25) is 0 Å². The van der Waals surface area contributed by atoms with E-state index in [4.69, 9.17) is 0 Å². The van der Waals surface area contributed by atoms with Crippen molar-refractivity contribution in [2.45, 2.75) is 52.5 Å². The summed E-state index contributed by atoms with van der Waals surface area (Å²) in [6.45, 7) is 8.05. The lowest BCUT2D eigenvalue weighted by Crippen LogP contribution is -2.41. The maximum Gasteiger partial charge on any atom is 0.0587 e. The molecule has 2 unspecified atom stereocenters. The number of rotatable bonds is 5. The Morgan fingerprint density at radius 2 is 1.93 bits per heavy atom. The third-order valence-corrected chi connectivity index (χ3v) is 3.93. The molecular weight excluding hydrogens is 186 g/mol. The number of aliphatic hydroxyl groups is 1. The molecule has 0 aliphatic heterocycles. The lowest BCUT2D eigenvalue weighted by atomic mass is 9.80. The molecule has 0 radical (unpaired) electrons. The lowest BCUT2D eigenvalue weighted by molar-refractivity contribution is 0.184. The zero-order valence-electron chi connectivity index (χ0n) is 10.5. The summed E-state index contributed by atoms with van der Waals surface area (Å²) in [6, 6.07) is 0.277. The highest BCUT2D eigenvalue weighted by Gasteiger charge is 2.22. The summed E-state index contributed by atoms with van der Waals surface area (Å²) in [5.41, 5.74) is 0. The average Bonchev–Trinajstić information content (AvgIpc) is 2.21. The van der Waals surface area contributed by atoms with Crippen LogP contribution in [0.2, 0.25) is 0 Å². The molecular formula is C13H27NO. The van der Waals surface area contributed by atoms with Crippen LogP contribution in [0.1, 0.15) is 46.5 Å². The van der Waals surface area contributed by atoms with Crippen LogP contribution in [0, 0.1) is 17.8 Å². The van der Waals surface area contributed by atoms with Crippen LogP contribution in [0.5, 0.6) is 0 Å². The molecule has 0 aromatic rings. The molecule has 1 aliphatic carbocycles. The van der Waals surface area contributed by atoms with Crippen molar-refractivity contribution in [3.8, 4) is 0 Å². The van der Waals surface area contributed by atoms with Crippen molar-refractivity contribution in [3.63, 3.8) is 0 Å². The molecule has 0 amide bonds. The molecule has 1 aliphatic rings. The first-order chi connectivity index (χ1) is 7.15. The van der Waals surface area contributed by atoms with E-state index in [-0.39, 0.29) is 12.6 Å². The minimum atomic E-state index is 0.263. The molecule has 3 atom stereocenters. The second-order valence-electron chi connectivity index (χ2n) is 5.46. The van der Waals surface area contributed by atoms with E-state index in [0.717, 1.165) is 18.4 Å². The number of hydrogen-bond donors (Lipinski definition) is 2. The van der Waals surface area contributed by atoms with Crippen molar-refractivity contribution >= 4 is 0 Å². The Labute approximate surface area is 94.5 Å². The van der Waals surface area contributed by atoms with Crippen LogP contribution in [-0.4, -0.2) is 24.3 Å². The molecule has 0 aromatic heterocycles. The molecule has 0 saturated heterocycles. The minimum absolute atomic E-state index is 0.263. The number of hydrogen-bond acceptors (Lipinski definition) is 2. The van der Waals surface area contributed by atoms with Gasteiger partial charge >= 0.3 is 0 Å². The fourth-order valence-corrected chi connectivity index (χ4v) is 2.51. The Balaban J connectivity index is 2.27. The van der Waals surface area contributed by atoms with Gasteiger partial charge in [0, 0.05) is 6.04 Å². The van der Waals surface area contributed by atoms with Crippen LogP contribution in [0.15, 0.2) is 0 Å². The Kier molecular flexibility index (Phi) is 5.62. The predicted octanol–water partition coefficient (Wildman–Crippen LogP) is 2.42. The molecule has 0 aromatic carbocycles. The molecule has 1 fully saturated rings. The second-order valence-corrected chi connectivity index (χ2v) is 5.46. The highest BCUT2D eigenvalue weighted by atomic mass is 16.3. The normalized spacial score (nSPS) is 29.4. The quantitative estimate of drug-likeness (QED) is 0.735. The van der Waals surface area contributed by atoms with E-state index >= 15 is 0 Å². The first kappa shape index (κ1) is 13.0. The van der Waals surface area contributed by atoms with E-state index in [2.05, 4.69) is 26.1 Å². The molecule has 0 bridgehead atoms. The fraction of sp³-hybridized carbons (Fsp3) is 1.00. The van der Waals surface area contributed by atoms with Crippen molar-refractivity contribution < 1.29 is 5.11 Å². The van der Waals surface area contributed by atoms with Crippen molar-refractivity contribution in [1.82, 2.24) is 5.32 Å². The highest BCUT2D eigenvalue weighted by molar-refractivity contribution is 4.77. The van der Waals surface area contributed by atoms with Gasteiger partial charge in [-0.25, -0.2) is 0 Å². The third kappa shape index (κ3) is 4.12. The van der Waals surface area contributed by atoms with Gasteiger partial charge in [0.05, 0.1) is 6.61 Å². The van der Waals surface area contributed by atoms with Crippen LogP contribution >= 0.6 is 0 Å². The summed E-state index contributed by atoms with van der Waals surface area (Å²) in [5, 5.41) is 12.7. The Morgan fingerprint density at radius 3 is 2.47 bits per heavy atom. The number of nitrogens with one attached hydrogen (secondary N) is 1. The van der Waals surface area contributed by atoms with Crippen LogP contribution in [-0.2, 0) is 0 Å². The first-order valence-corrected chi connectivity index (χ1v) is 6.49. The standard InChI is InChI=1S/C13H27NO/c1-10(2)13(9-15)14-8-12-7-5-4-6-11(12)3/h10-15H,4-9H2,1-3H3/t11?,12?,13-/m1/s1. The summed E-state index contributed by atoms with van der Waals surface area (Å²) >= 11 is 0. The molecule has 1 rings (SSSR count). The summed E-state index contributed by atoms with van der Waals surface area (Å²) < 4.78 is 0. The van der Waals surface area contributed by atoms with Gasteiger partial charge in [-0.05, 0) is 30.7 Å². The fourth-order valence-electron chi connectivity index (χ4n) is 2.51. The van der Waals surface area contributed by atoms with Crippen LogP contribution in [0.25, 0.3) is 0 Å². The van der Waals surface area contributed by atoms with Gasteiger partial charge in [-0.1, -0.05) is 40.0 Å².